The van der Waals surface area contributed by atoms with Crippen molar-refractivity contribution in [2.75, 3.05) is 12.9 Å². The van der Waals surface area contributed by atoms with Gasteiger partial charge in [0.1, 0.15) is 17.5 Å². The number of hydrogen-bond donors (Lipinski definition) is 3. The molecule has 4 aromatic rings. The van der Waals surface area contributed by atoms with Crippen LogP contribution in [0.5, 0.6) is 0 Å². The monoisotopic (exact) mass is 688 g/mol. The summed E-state index contributed by atoms with van der Waals surface area (Å²) in [4.78, 5) is 22.1. The zero-order chi connectivity index (χ0) is 32.6. The Kier molecular flexibility index (Phi) is 10.4. The number of aliphatic hydroxyl groups is 1. The third-order valence-corrected chi connectivity index (χ3v) is 9.35. The minimum absolute atomic E-state index is 0.00970. The first-order chi connectivity index (χ1) is 20.5. The fraction of sp³-hybridized carbons (Fsp3) is 0.276. The summed E-state index contributed by atoms with van der Waals surface area (Å²) in [6.45, 7) is 2.47. The van der Waals surface area contributed by atoms with Crippen LogP contribution >= 0.6 is 31.0 Å². The summed E-state index contributed by atoms with van der Waals surface area (Å²) in [6.07, 6.45) is 2.81. The number of sulfone groups is 1. The Morgan fingerprint density at radius 3 is 2.18 bits per heavy atom. The second-order valence-electron chi connectivity index (χ2n) is 10.4. The zero-order valence-electron chi connectivity index (χ0n) is 23.7. The van der Waals surface area contributed by atoms with E-state index in [1.807, 2.05) is 6.92 Å². The summed E-state index contributed by atoms with van der Waals surface area (Å²) >= 11 is 12.8. The number of hydrogen-bond acceptors (Lipinski definition) is 6. The van der Waals surface area contributed by atoms with Gasteiger partial charge >= 0.3 is 7.82 Å². The maximum Gasteiger partial charge on any atom is 0.469 e. The fourth-order valence-corrected chi connectivity index (χ4v) is 6.48. The van der Waals surface area contributed by atoms with Crippen LogP contribution in [-0.2, 0) is 32.0 Å². The molecular weight excluding hydrogens is 660 g/mol. The summed E-state index contributed by atoms with van der Waals surface area (Å²) in [6, 6.07) is 11.2. The predicted molar refractivity (Wildman–Crippen MR) is 163 cm³/mol. The van der Waals surface area contributed by atoms with Gasteiger partial charge in [-0.05, 0) is 59.5 Å². The first-order valence-electron chi connectivity index (χ1n) is 13.2. The summed E-state index contributed by atoms with van der Waals surface area (Å²) < 4.78 is 72.8. The normalized spacial score (nSPS) is 13.7. The molecule has 0 saturated heterocycles. The molecule has 44 heavy (non-hydrogen) atoms. The van der Waals surface area contributed by atoms with Crippen LogP contribution in [-0.4, -0.2) is 45.7 Å². The van der Waals surface area contributed by atoms with Crippen LogP contribution in [0.15, 0.2) is 59.6 Å². The second-order valence-corrected chi connectivity index (χ2v) is 14.5. The number of rotatable bonds is 11. The highest BCUT2D eigenvalue weighted by molar-refractivity contribution is 7.90. The molecule has 0 spiro atoms. The van der Waals surface area contributed by atoms with E-state index in [-0.39, 0.29) is 35.3 Å². The lowest BCUT2D eigenvalue weighted by Gasteiger charge is -2.17. The van der Waals surface area contributed by atoms with Gasteiger partial charge in [-0.2, -0.15) is 0 Å². The molecule has 1 aromatic heterocycles. The van der Waals surface area contributed by atoms with Crippen LogP contribution < -0.4 is 0 Å². The number of benzene rings is 3. The molecular formula is C29H29Cl2F2N2O7PS. The molecule has 0 aliphatic rings. The van der Waals surface area contributed by atoms with Crippen molar-refractivity contribution in [3.05, 3.63) is 99.1 Å². The molecule has 236 valence electrons. The van der Waals surface area contributed by atoms with Gasteiger partial charge in [-0.1, -0.05) is 49.2 Å². The minimum atomic E-state index is -5.02. The highest BCUT2D eigenvalue weighted by atomic mass is 35.5. The average Bonchev–Trinajstić information content (AvgIpc) is 3.38. The van der Waals surface area contributed by atoms with Gasteiger partial charge in [0.15, 0.2) is 9.84 Å². The summed E-state index contributed by atoms with van der Waals surface area (Å²) in [5.74, 6) is -2.02. The van der Waals surface area contributed by atoms with Gasteiger partial charge in [-0.3, -0.25) is 4.52 Å². The van der Waals surface area contributed by atoms with Gasteiger partial charge in [0.2, 0.25) is 0 Å². The molecule has 0 aliphatic heterocycles. The number of aromatic nitrogens is 2. The van der Waals surface area contributed by atoms with Gasteiger partial charge in [-0.15, -0.1) is 0 Å². The third-order valence-electron chi connectivity index (χ3n) is 7.02. The number of aliphatic hydroxyl groups excluding tert-OH is 1. The van der Waals surface area contributed by atoms with Crippen LogP contribution in [0, 0.1) is 11.6 Å². The van der Waals surface area contributed by atoms with Crippen molar-refractivity contribution in [2.45, 2.75) is 43.6 Å². The quantitative estimate of drug-likeness (QED) is 0.150. The lowest BCUT2D eigenvalue weighted by molar-refractivity contribution is 0.185. The van der Waals surface area contributed by atoms with Crippen molar-refractivity contribution in [2.24, 2.45) is 0 Å². The van der Waals surface area contributed by atoms with Crippen molar-refractivity contribution < 1.29 is 41.2 Å². The predicted octanol–water partition coefficient (Wildman–Crippen LogP) is 6.58. The van der Waals surface area contributed by atoms with Crippen LogP contribution in [0.4, 0.5) is 8.78 Å². The van der Waals surface area contributed by atoms with E-state index in [1.165, 1.54) is 12.1 Å². The van der Waals surface area contributed by atoms with E-state index in [0.29, 0.717) is 33.5 Å². The Bertz CT molecular complexity index is 1840. The molecule has 2 unspecified atom stereocenters. The molecule has 0 saturated carbocycles. The van der Waals surface area contributed by atoms with E-state index in [4.69, 9.17) is 38.0 Å². The van der Waals surface area contributed by atoms with Gasteiger partial charge in [0.05, 0.1) is 29.5 Å². The molecule has 0 radical (unpaired) electrons. The lowest BCUT2D eigenvalue weighted by Crippen LogP contribution is -2.09. The minimum Gasteiger partial charge on any atom is -0.396 e. The largest absolute Gasteiger partial charge is 0.469 e. The van der Waals surface area contributed by atoms with E-state index in [9.17, 15) is 18.1 Å². The maximum atomic E-state index is 15.8. The standard InChI is InChI=1S/C29H29Cl2F2N2O7PS/c1-16(9-20-22(30)5-4-6-23(20)31)29-34-26(17(2)14-36)13-35(29)27-8-7-18(10-25(27)33)19-11-24(32)21(15-42-43(37,38)39)28(12-19)44(3,40)41/h4-8,10-13,16-17,36H,9,14-15H2,1-3H3,(H2,37,38,39). The Labute approximate surface area is 263 Å². The number of phosphoric acid groups is 1. The Morgan fingerprint density at radius 1 is 0.977 bits per heavy atom. The Hall–Kier alpha value is -2.67. The lowest BCUT2D eigenvalue weighted by atomic mass is 9.99. The summed E-state index contributed by atoms with van der Waals surface area (Å²) in [7, 11) is -9.11. The SMILES string of the molecule is CC(CO)c1cn(-c2ccc(-c3cc(F)c(COP(=O)(O)O)c(S(C)(=O)=O)c3)cc2F)c(C(C)Cc2c(Cl)cccc2Cl)n1. The van der Waals surface area contributed by atoms with Gasteiger partial charge in [-0.25, -0.2) is 26.7 Å². The van der Waals surface area contributed by atoms with E-state index < -0.39 is 46.4 Å². The fourth-order valence-electron chi connectivity index (χ4n) is 4.69. The molecule has 15 heteroatoms. The maximum absolute atomic E-state index is 15.8. The molecule has 9 nitrogen and oxygen atoms in total. The molecule has 1 heterocycles. The van der Waals surface area contributed by atoms with Gasteiger partial charge < -0.3 is 19.5 Å². The van der Waals surface area contributed by atoms with Crippen molar-refractivity contribution in [3.8, 4) is 16.8 Å². The number of nitrogens with zero attached hydrogens (tertiary/aromatic N) is 2. The topological polar surface area (TPSA) is 139 Å². The third kappa shape index (κ3) is 7.75. The smallest absolute Gasteiger partial charge is 0.396 e. The van der Waals surface area contributed by atoms with Crippen molar-refractivity contribution in [3.63, 3.8) is 0 Å². The van der Waals surface area contributed by atoms with Crippen LogP contribution in [0.1, 0.15) is 48.3 Å². The first-order valence-corrected chi connectivity index (χ1v) is 17.3. The van der Waals surface area contributed by atoms with Crippen LogP contribution in [0.2, 0.25) is 10.0 Å². The molecule has 2 atom stereocenters. The molecule has 0 amide bonds. The molecule has 4 rings (SSSR count). The summed E-state index contributed by atoms with van der Waals surface area (Å²) in [5.41, 5.74) is 0.896. The Morgan fingerprint density at radius 2 is 1.61 bits per heavy atom. The van der Waals surface area contributed by atoms with E-state index in [1.54, 1.807) is 35.9 Å². The van der Waals surface area contributed by atoms with Crippen molar-refractivity contribution >= 4 is 40.9 Å². The highest BCUT2D eigenvalue weighted by Gasteiger charge is 2.25. The molecule has 3 N–H and O–H groups in total. The van der Waals surface area contributed by atoms with E-state index >= 15 is 8.78 Å². The van der Waals surface area contributed by atoms with Gasteiger partial charge in [0, 0.05) is 39.9 Å². The number of imidazole rings is 1. The molecule has 0 aliphatic carbocycles. The second kappa shape index (κ2) is 13.4. The Balaban J connectivity index is 1.78. The molecule has 3 aromatic carbocycles. The molecule has 0 bridgehead atoms. The first kappa shape index (κ1) is 34.2. The average molecular weight is 690 g/mol. The number of phosphoric ester groups is 1. The van der Waals surface area contributed by atoms with E-state index in [2.05, 4.69) is 4.52 Å². The molecule has 0 fully saturated rings. The van der Waals surface area contributed by atoms with Crippen molar-refractivity contribution in [1.29, 1.82) is 0 Å². The highest BCUT2D eigenvalue weighted by Crippen LogP contribution is 2.39. The van der Waals surface area contributed by atoms with E-state index in [0.717, 1.165) is 24.5 Å². The van der Waals surface area contributed by atoms with Crippen LogP contribution in [0.25, 0.3) is 16.8 Å². The van der Waals surface area contributed by atoms with Gasteiger partial charge in [0.25, 0.3) is 0 Å². The number of halogens is 4. The van der Waals surface area contributed by atoms with Crippen molar-refractivity contribution in [1.82, 2.24) is 9.55 Å². The van der Waals surface area contributed by atoms with Crippen LogP contribution in [0.3, 0.4) is 0 Å². The zero-order valence-corrected chi connectivity index (χ0v) is 26.9. The summed E-state index contributed by atoms with van der Waals surface area (Å²) in [5, 5.41) is 10.7.